The fourth-order valence-electron chi connectivity index (χ4n) is 3.22. The molecule has 1 saturated carbocycles. The Bertz CT molecular complexity index is 448. The van der Waals surface area contributed by atoms with E-state index in [0.717, 1.165) is 24.8 Å². The van der Waals surface area contributed by atoms with E-state index >= 15 is 0 Å². The van der Waals surface area contributed by atoms with E-state index in [1.54, 1.807) is 12.1 Å². The van der Waals surface area contributed by atoms with Crippen LogP contribution in [0, 0.1) is 17.7 Å². The lowest BCUT2D eigenvalue weighted by atomic mass is 9.68. The smallest absolute Gasteiger partial charge is 0.165 e. The molecule has 0 saturated heterocycles. The van der Waals surface area contributed by atoms with Gasteiger partial charge in [0.15, 0.2) is 11.6 Å². The molecular weight excluding hydrogens is 241 g/mol. The van der Waals surface area contributed by atoms with E-state index in [4.69, 9.17) is 10.5 Å². The van der Waals surface area contributed by atoms with Crippen LogP contribution in [0.1, 0.15) is 38.7 Å². The number of hydrogen-bond acceptors (Lipinski definition) is 2. The van der Waals surface area contributed by atoms with Crippen LogP contribution in [-0.2, 0) is 6.42 Å². The van der Waals surface area contributed by atoms with E-state index in [9.17, 15) is 4.39 Å². The van der Waals surface area contributed by atoms with Gasteiger partial charge in [-0.2, -0.15) is 0 Å². The van der Waals surface area contributed by atoms with Gasteiger partial charge in [-0.3, -0.25) is 0 Å². The molecule has 0 radical (unpaired) electrons. The van der Waals surface area contributed by atoms with Gasteiger partial charge in [0.25, 0.3) is 0 Å². The van der Waals surface area contributed by atoms with Crippen LogP contribution in [0.4, 0.5) is 4.39 Å². The van der Waals surface area contributed by atoms with Gasteiger partial charge in [-0.25, -0.2) is 4.39 Å². The van der Waals surface area contributed by atoms with Crippen LogP contribution < -0.4 is 10.5 Å². The van der Waals surface area contributed by atoms with Gasteiger partial charge < -0.3 is 10.5 Å². The maximum atomic E-state index is 13.7. The van der Waals surface area contributed by atoms with Crippen LogP contribution in [0.25, 0.3) is 0 Å². The molecule has 3 heteroatoms. The highest BCUT2D eigenvalue weighted by Gasteiger charge is 2.37. The molecule has 3 atom stereocenters. The first kappa shape index (κ1) is 14.3. The lowest BCUT2D eigenvalue weighted by Gasteiger charge is -2.42. The first-order valence-corrected chi connectivity index (χ1v) is 7.06. The van der Waals surface area contributed by atoms with Crippen LogP contribution in [-0.4, -0.2) is 12.6 Å². The summed E-state index contributed by atoms with van der Waals surface area (Å²) in [6.45, 7) is 4.47. The minimum absolute atomic E-state index is 0.210. The normalized spacial score (nSPS) is 31.2. The van der Waals surface area contributed by atoms with Crippen LogP contribution in [0.5, 0.6) is 5.75 Å². The van der Waals surface area contributed by atoms with Crippen molar-refractivity contribution in [3.63, 3.8) is 0 Å². The van der Waals surface area contributed by atoms with Crippen molar-refractivity contribution in [2.24, 2.45) is 17.6 Å². The topological polar surface area (TPSA) is 35.2 Å². The molecule has 0 heterocycles. The summed E-state index contributed by atoms with van der Waals surface area (Å²) in [5, 5.41) is 0. The first-order chi connectivity index (χ1) is 8.94. The number of methoxy groups -OCH3 is 1. The molecule has 2 nitrogen and oxygen atoms in total. The molecule has 0 spiro atoms. The second kappa shape index (κ2) is 5.49. The van der Waals surface area contributed by atoms with Crippen molar-refractivity contribution in [1.82, 2.24) is 0 Å². The molecule has 0 aromatic heterocycles. The fraction of sp³-hybridized carbons (Fsp3) is 0.625. The third kappa shape index (κ3) is 3.08. The van der Waals surface area contributed by atoms with E-state index in [0.29, 0.717) is 17.6 Å². The van der Waals surface area contributed by atoms with Gasteiger partial charge in [-0.05, 0) is 48.8 Å². The van der Waals surface area contributed by atoms with Crippen LogP contribution in [0.3, 0.4) is 0 Å². The summed E-state index contributed by atoms with van der Waals surface area (Å²) in [6, 6.07) is 5.16. The minimum Gasteiger partial charge on any atom is -0.494 e. The van der Waals surface area contributed by atoms with Crippen molar-refractivity contribution >= 4 is 0 Å². The molecule has 2 N–H and O–H groups in total. The monoisotopic (exact) mass is 265 g/mol. The summed E-state index contributed by atoms with van der Waals surface area (Å²) < 4.78 is 18.7. The SMILES string of the molecule is COc1ccc(CC2(N)CC(C)CCC2C)cc1F. The van der Waals surface area contributed by atoms with Crippen molar-refractivity contribution in [3.8, 4) is 5.75 Å². The van der Waals surface area contributed by atoms with E-state index in [1.807, 2.05) is 6.07 Å². The average molecular weight is 265 g/mol. The Hall–Kier alpha value is -1.09. The van der Waals surface area contributed by atoms with E-state index in [2.05, 4.69) is 13.8 Å². The number of hydrogen-bond donors (Lipinski definition) is 1. The second-order valence-electron chi connectivity index (χ2n) is 6.17. The Morgan fingerprint density at radius 2 is 2.11 bits per heavy atom. The van der Waals surface area contributed by atoms with Gasteiger partial charge in [-0.15, -0.1) is 0 Å². The highest BCUT2D eigenvalue weighted by Crippen LogP contribution is 2.37. The van der Waals surface area contributed by atoms with Crippen molar-refractivity contribution in [2.45, 2.75) is 45.1 Å². The third-order valence-electron chi connectivity index (χ3n) is 4.55. The van der Waals surface area contributed by atoms with Gasteiger partial charge in [0.1, 0.15) is 0 Å². The standard InChI is InChI=1S/C16H24FNO/c1-11-4-5-12(2)16(18,9-11)10-13-6-7-15(19-3)14(17)8-13/h6-8,11-12H,4-5,9-10,18H2,1-3H3. The maximum Gasteiger partial charge on any atom is 0.165 e. The fourth-order valence-corrected chi connectivity index (χ4v) is 3.22. The summed E-state index contributed by atoms with van der Waals surface area (Å²) in [7, 11) is 1.48. The van der Waals surface area contributed by atoms with Crippen molar-refractivity contribution < 1.29 is 9.13 Å². The van der Waals surface area contributed by atoms with Crippen molar-refractivity contribution in [1.29, 1.82) is 0 Å². The predicted molar refractivity (Wildman–Crippen MR) is 75.8 cm³/mol. The van der Waals surface area contributed by atoms with Gasteiger partial charge in [0.05, 0.1) is 7.11 Å². The van der Waals surface area contributed by atoms with Crippen molar-refractivity contribution in [2.75, 3.05) is 7.11 Å². The zero-order valence-corrected chi connectivity index (χ0v) is 12.1. The molecule has 1 aromatic rings. The lowest BCUT2D eigenvalue weighted by Crippen LogP contribution is -2.51. The summed E-state index contributed by atoms with van der Waals surface area (Å²) in [5.74, 6) is 1.12. The lowest BCUT2D eigenvalue weighted by molar-refractivity contribution is 0.161. The molecule has 1 aromatic carbocycles. The molecule has 0 bridgehead atoms. The molecule has 1 aliphatic carbocycles. The second-order valence-corrected chi connectivity index (χ2v) is 6.17. The van der Waals surface area contributed by atoms with Crippen LogP contribution >= 0.6 is 0 Å². The van der Waals surface area contributed by atoms with Gasteiger partial charge in [0.2, 0.25) is 0 Å². The first-order valence-electron chi connectivity index (χ1n) is 7.06. The maximum absolute atomic E-state index is 13.7. The Morgan fingerprint density at radius 3 is 2.74 bits per heavy atom. The van der Waals surface area contributed by atoms with Gasteiger partial charge >= 0.3 is 0 Å². The molecule has 1 aliphatic rings. The average Bonchev–Trinajstić information content (AvgIpc) is 2.34. The molecule has 19 heavy (non-hydrogen) atoms. The van der Waals surface area contributed by atoms with Crippen molar-refractivity contribution in [3.05, 3.63) is 29.6 Å². The summed E-state index contributed by atoms with van der Waals surface area (Å²) in [6.07, 6.45) is 4.16. The number of halogens is 1. The third-order valence-corrected chi connectivity index (χ3v) is 4.55. The summed E-state index contributed by atoms with van der Waals surface area (Å²) in [5.41, 5.74) is 7.34. The molecular formula is C16H24FNO. The highest BCUT2D eigenvalue weighted by atomic mass is 19.1. The number of rotatable bonds is 3. The van der Waals surface area contributed by atoms with Crippen LogP contribution in [0.2, 0.25) is 0 Å². The zero-order chi connectivity index (χ0) is 14.0. The molecule has 1 fully saturated rings. The highest BCUT2D eigenvalue weighted by molar-refractivity contribution is 5.30. The number of nitrogens with two attached hydrogens (primary N) is 1. The molecule has 2 rings (SSSR count). The minimum atomic E-state index is -0.305. The molecule has 0 amide bonds. The zero-order valence-electron chi connectivity index (χ0n) is 12.1. The van der Waals surface area contributed by atoms with Crippen LogP contribution in [0.15, 0.2) is 18.2 Å². The number of ether oxygens (including phenoxy) is 1. The van der Waals surface area contributed by atoms with E-state index in [-0.39, 0.29) is 11.4 Å². The van der Waals surface area contributed by atoms with Gasteiger partial charge in [0, 0.05) is 5.54 Å². The Kier molecular flexibility index (Phi) is 4.14. The Morgan fingerprint density at radius 1 is 1.37 bits per heavy atom. The van der Waals surface area contributed by atoms with Gasteiger partial charge in [-0.1, -0.05) is 26.3 Å². The Balaban J connectivity index is 2.17. The summed E-state index contributed by atoms with van der Waals surface area (Å²) >= 11 is 0. The molecule has 0 aliphatic heterocycles. The largest absolute Gasteiger partial charge is 0.494 e. The quantitative estimate of drug-likeness (QED) is 0.907. The summed E-state index contributed by atoms with van der Waals surface area (Å²) in [4.78, 5) is 0. The van der Waals surface area contributed by atoms with E-state index in [1.165, 1.54) is 13.5 Å². The van der Waals surface area contributed by atoms with E-state index < -0.39 is 0 Å². The molecule has 3 unspecified atom stereocenters. The predicted octanol–water partition coefficient (Wildman–Crippen LogP) is 3.53. The number of benzene rings is 1. The molecule has 106 valence electrons. The Labute approximate surface area is 115 Å².